The molecule has 0 heterocycles. The van der Waals surface area contributed by atoms with Gasteiger partial charge in [-0.25, -0.2) is 4.39 Å². The van der Waals surface area contributed by atoms with Crippen LogP contribution >= 0.6 is 0 Å². The van der Waals surface area contributed by atoms with E-state index in [2.05, 4.69) is 50.3 Å². The van der Waals surface area contributed by atoms with Gasteiger partial charge in [-0.05, 0) is 90.7 Å². The van der Waals surface area contributed by atoms with Crippen molar-refractivity contribution in [3.63, 3.8) is 0 Å². The SMILES string of the molecule is C\C=C/C(=C\C=C\CC)/C=C1/C(C)=C(CCC2CC2)c2cc(F)ccc21. The van der Waals surface area contributed by atoms with Gasteiger partial charge in [-0.2, -0.15) is 0 Å². The van der Waals surface area contributed by atoms with Crippen LogP contribution in [-0.4, -0.2) is 0 Å². The lowest BCUT2D eigenvalue weighted by Gasteiger charge is -2.06. The van der Waals surface area contributed by atoms with E-state index in [-0.39, 0.29) is 5.82 Å². The molecule has 0 aliphatic heterocycles. The van der Waals surface area contributed by atoms with E-state index in [1.165, 1.54) is 47.1 Å². The van der Waals surface area contributed by atoms with Crippen LogP contribution in [0.25, 0.3) is 11.1 Å². The molecule has 0 bridgehead atoms. The van der Waals surface area contributed by atoms with Gasteiger partial charge in [0.1, 0.15) is 5.82 Å². The van der Waals surface area contributed by atoms with Crippen LogP contribution in [0.1, 0.15) is 64.0 Å². The Kier molecular flexibility index (Phi) is 6.08. The van der Waals surface area contributed by atoms with Gasteiger partial charge in [-0.15, -0.1) is 0 Å². The van der Waals surface area contributed by atoms with Gasteiger partial charge in [0.05, 0.1) is 0 Å². The first-order chi connectivity index (χ1) is 12.6. The fraction of sp³-hybridized carbons (Fsp3) is 0.360. The van der Waals surface area contributed by atoms with E-state index >= 15 is 0 Å². The zero-order valence-corrected chi connectivity index (χ0v) is 16.2. The van der Waals surface area contributed by atoms with Crippen molar-refractivity contribution in [1.29, 1.82) is 0 Å². The molecule has 1 heteroatoms. The Bertz CT molecular complexity index is 811. The molecule has 3 rings (SSSR count). The smallest absolute Gasteiger partial charge is 0.123 e. The predicted molar refractivity (Wildman–Crippen MR) is 111 cm³/mol. The van der Waals surface area contributed by atoms with Crippen LogP contribution in [0.5, 0.6) is 0 Å². The van der Waals surface area contributed by atoms with Crippen LogP contribution in [0.3, 0.4) is 0 Å². The van der Waals surface area contributed by atoms with Gasteiger partial charge in [0.25, 0.3) is 0 Å². The van der Waals surface area contributed by atoms with Crippen molar-refractivity contribution in [3.05, 3.63) is 82.7 Å². The molecule has 0 amide bonds. The van der Waals surface area contributed by atoms with Gasteiger partial charge < -0.3 is 0 Å². The van der Waals surface area contributed by atoms with Crippen molar-refractivity contribution in [2.45, 2.75) is 52.9 Å². The molecule has 26 heavy (non-hydrogen) atoms. The molecule has 0 aromatic heterocycles. The Morgan fingerprint density at radius 3 is 2.73 bits per heavy atom. The average molecular weight is 349 g/mol. The summed E-state index contributed by atoms with van der Waals surface area (Å²) in [4.78, 5) is 0. The summed E-state index contributed by atoms with van der Waals surface area (Å²) in [6.45, 7) is 6.37. The summed E-state index contributed by atoms with van der Waals surface area (Å²) in [5.41, 5.74) is 7.32. The summed E-state index contributed by atoms with van der Waals surface area (Å²) < 4.78 is 13.9. The van der Waals surface area contributed by atoms with Crippen molar-refractivity contribution in [2.24, 2.45) is 5.92 Å². The highest BCUT2D eigenvalue weighted by molar-refractivity contribution is 6.00. The van der Waals surface area contributed by atoms with Gasteiger partial charge in [0.2, 0.25) is 0 Å². The minimum absolute atomic E-state index is 0.142. The summed E-state index contributed by atoms with van der Waals surface area (Å²) in [6, 6.07) is 5.25. The van der Waals surface area contributed by atoms with E-state index in [1.807, 2.05) is 13.0 Å². The second-order valence-electron chi connectivity index (χ2n) is 7.34. The molecule has 136 valence electrons. The maximum absolute atomic E-state index is 13.9. The minimum atomic E-state index is -0.142. The third kappa shape index (κ3) is 4.33. The molecule has 0 radical (unpaired) electrons. The summed E-state index contributed by atoms with van der Waals surface area (Å²) in [5, 5.41) is 0. The molecule has 2 aliphatic rings. The summed E-state index contributed by atoms with van der Waals surface area (Å²) in [7, 11) is 0. The lowest BCUT2D eigenvalue weighted by Crippen LogP contribution is -1.88. The molecule has 0 nitrogen and oxygen atoms in total. The number of benzene rings is 1. The van der Waals surface area contributed by atoms with Crippen LogP contribution in [-0.2, 0) is 0 Å². The molecule has 1 fully saturated rings. The minimum Gasteiger partial charge on any atom is -0.207 e. The molecule has 2 aliphatic carbocycles. The molecule has 0 unspecified atom stereocenters. The highest BCUT2D eigenvalue weighted by Crippen LogP contribution is 2.46. The number of halogens is 1. The Balaban J connectivity index is 2.01. The maximum Gasteiger partial charge on any atom is 0.123 e. The molecular formula is C25H29F. The normalized spacial score (nSPS) is 19.4. The second kappa shape index (κ2) is 8.49. The monoisotopic (exact) mass is 348 g/mol. The molecule has 0 atom stereocenters. The Hall–Kier alpha value is -2.15. The van der Waals surface area contributed by atoms with E-state index < -0.39 is 0 Å². The van der Waals surface area contributed by atoms with Crippen molar-refractivity contribution >= 4 is 11.1 Å². The highest BCUT2D eigenvalue weighted by atomic mass is 19.1. The van der Waals surface area contributed by atoms with Gasteiger partial charge in [0, 0.05) is 0 Å². The molecule has 1 aromatic carbocycles. The molecule has 0 saturated heterocycles. The van der Waals surface area contributed by atoms with Gasteiger partial charge in [-0.1, -0.05) is 56.2 Å². The summed E-state index contributed by atoms with van der Waals surface area (Å²) in [5.74, 6) is 0.745. The average Bonchev–Trinajstić information content (AvgIpc) is 3.41. The Morgan fingerprint density at radius 1 is 1.23 bits per heavy atom. The first kappa shape index (κ1) is 18.6. The lowest BCUT2D eigenvalue weighted by molar-refractivity contribution is 0.627. The fourth-order valence-corrected chi connectivity index (χ4v) is 3.66. The van der Waals surface area contributed by atoms with Gasteiger partial charge >= 0.3 is 0 Å². The fourth-order valence-electron chi connectivity index (χ4n) is 3.66. The number of hydrogen-bond acceptors (Lipinski definition) is 0. The first-order valence-electron chi connectivity index (χ1n) is 9.85. The second-order valence-corrected chi connectivity index (χ2v) is 7.34. The highest BCUT2D eigenvalue weighted by Gasteiger charge is 2.27. The lowest BCUT2D eigenvalue weighted by atomic mass is 9.99. The molecular weight excluding hydrogens is 319 g/mol. The topological polar surface area (TPSA) is 0 Å². The van der Waals surface area contributed by atoms with Gasteiger partial charge in [-0.3, -0.25) is 0 Å². The third-order valence-corrected chi connectivity index (χ3v) is 5.28. The van der Waals surface area contributed by atoms with Crippen molar-refractivity contribution < 1.29 is 4.39 Å². The summed E-state index contributed by atoms with van der Waals surface area (Å²) >= 11 is 0. The van der Waals surface area contributed by atoms with Crippen LogP contribution < -0.4 is 0 Å². The van der Waals surface area contributed by atoms with Crippen LogP contribution in [0.2, 0.25) is 0 Å². The standard InChI is InChI=1S/C25H29F/c1-4-6-7-9-20(8-5-2)16-24-18(3)22(14-12-19-10-11-19)25-17-21(26)13-15-23(24)25/h5-9,13,15-17,19H,4,10-12,14H2,1-3H3/b7-6+,8-5-,20-9+,24-16-. The Morgan fingerprint density at radius 2 is 2.04 bits per heavy atom. The van der Waals surface area contributed by atoms with Crippen LogP contribution in [0.4, 0.5) is 4.39 Å². The number of rotatable bonds is 7. The largest absolute Gasteiger partial charge is 0.207 e. The predicted octanol–water partition coefficient (Wildman–Crippen LogP) is 7.66. The van der Waals surface area contributed by atoms with E-state index in [0.717, 1.165) is 24.3 Å². The number of allylic oxidation sites excluding steroid dienone is 10. The van der Waals surface area contributed by atoms with Crippen molar-refractivity contribution in [2.75, 3.05) is 0 Å². The van der Waals surface area contributed by atoms with Crippen LogP contribution in [0, 0.1) is 11.7 Å². The van der Waals surface area contributed by atoms with E-state index in [1.54, 1.807) is 12.1 Å². The maximum atomic E-state index is 13.9. The molecule has 1 aromatic rings. The van der Waals surface area contributed by atoms with Crippen molar-refractivity contribution in [3.8, 4) is 0 Å². The van der Waals surface area contributed by atoms with Gasteiger partial charge in [0.15, 0.2) is 0 Å². The third-order valence-electron chi connectivity index (χ3n) is 5.28. The molecule has 0 N–H and O–H groups in total. The zero-order valence-electron chi connectivity index (χ0n) is 16.2. The Labute approximate surface area is 157 Å². The zero-order chi connectivity index (χ0) is 18.5. The molecule has 1 saturated carbocycles. The van der Waals surface area contributed by atoms with E-state index in [0.29, 0.717) is 0 Å². The van der Waals surface area contributed by atoms with E-state index in [9.17, 15) is 4.39 Å². The number of fused-ring (bicyclic) bond motifs is 1. The van der Waals surface area contributed by atoms with E-state index in [4.69, 9.17) is 0 Å². The van der Waals surface area contributed by atoms with Crippen molar-refractivity contribution in [1.82, 2.24) is 0 Å². The van der Waals surface area contributed by atoms with Crippen LogP contribution in [0.15, 0.2) is 65.8 Å². The molecule has 0 spiro atoms. The first-order valence-corrected chi connectivity index (χ1v) is 9.85. The quantitative estimate of drug-likeness (QED) is 0.444. The summed E-state index contributed by atoms with van der Waals surface area (Å²) in [6.07, 6.45) is 18.9. The number of hydrogen-bond donors (Lipinski definition) is 0.